The fourth-order valence-corrected chi connectivity index (χ4v) is 4.60. The number of nitrogens with zero attached hydrogens (tertiary/aromatic N) is 5. The summed E-state index contributed by atoms with van der Waals surface area (Å²) in [4.78, 5) is 30.3. The summed E-state index contributed by atoms with van der Waals surface area (Å²) in [6.07, 6.45) is 1.49. The minimum atomic E-state index is 0.0547. The zero-order valence-corrected chi connectivity index (χ0v) is 15.7. The Labute approximate surface area is 151 Å². The molecule has 7 heteroatoms. The van der Waals surface area contributed by atoms with Crippen molar-refractivity contribution in [2.45, 2.75) is 27.3 Å². The predicted molar refractivity (Wildman–Crippen MR) is 96.5 cm³/mol. The SMILES string of the molecule is Cc1nc(CN2CC3CN(C(=O)c4ncnc(C)c4C)CC3C2)cs1. The number of hydrogen-bond acceptors (Lipinski definition) is 6. The van der Waals surface area contributed by atoms with Gasteiger partial charge in [-0.2, -0.15) is 0 Å². The normalized spacial score (nSPS) is 23.2. The maximum atomic E-state index is 12.8. The van der Waals surface area contributed by atoms with Gasteiger partial charge in [0, 0.05) is 49.4 Å². The lowest BCUT2D eigenvalue weighted by Crippen LogP contribution is -2.34. The van der Waals surface area contributed by atoms with Crippen LogP contribution in [0.1, 0.15) is 32.4 Å². The van der Waals surface area contributed by atoms with Crippen LogP contribution in [-0.2, 0) is 6.54 Å². The van der Waals surface area contributed by atoms with Crippen molar-refractivity contribution in [1.82, 2.24) is 24.8 Å². The van der Waals surface area contributed by atoms with Gasteiger partial charge in [0.15, 0.2) is 0 Å². The number of thiazole rings is 1. The van der Waals surface area contributed by atoms with E-state index >= 15 is 0 Å². The molecule has 0 spiro atoms. The molecule has 4 heterocycles. The van der Waals surface area contributed by atoms with Crippen LogP contribution >= 0.6 is 11.3 Å². The number of hydrogen-bond donors (Lipinski definition) is 0. The van der Waals surface area contributed by atoms with Gasteiger partial charge >= 0.3 is 0 Å². The largest absolute Gasteiger partial charge is 0.337 e. The molecule has 2 aliphatic heterocycles. The summed E-state index contributed by atoms with van der Waals surface area (Å²) < 4.78 is 0. The topological polar surface area (TPSA) is 62.2 Å². The summed E-state index contributed by atoms with van der Waals surface area (Å²) >= 11 is 1.71. The fraction of sp³-hybridized carbons (Fsp3) is 0.556. The number of carbonyl (C=O) groups is 1. The lowest BCUT2D eigenvalue weighted by molar-refractivity contribution is 0.0766. The van der Waals surface area contributed by atoms with Crippen molar-refractivity contribution in [2.24, 2.45) is 11.8 Å². The van der Waals surface area contributed by atoms with E-state index in [1.807, 2.05) is 25.7 Å². The molecule has 2 aromatic heterocycles. The van der Waals surface area contributed by atoms with Crippen LogP contribution in [0.15, 0.2) is 11.7 Å². The van der Waals surface area contributed by atoms with Gasteiger partial charge in [-0.1, -0.05) is 0 Å². The number of amides is 1. The lowest BCUT2D eigenvalue weighted by Gasteiger charge is -2.21. The maximum absolute atomic E-state index is 12.8. The second kappa shape index (κ2) is 6.46. The number of fused-ring (bicyclic) bond motifs is 1. The van der Waals surface area contributed by atoms with Crippen LogP contribution in [0.2, 0.25) is 0 Å². The van der Waals surface area contributed by atoms with Gasteiger partial charge in [-0.15, -0.1) is 11.3 Å². The van der Waals surface area contributed by atoms with Crippen molar-refractivity contribution >= 4 is 17.2 Å². The van der Waals surface area contributed by atoms with E-state index in [0.29, 0.717) is 17.5 Å². The van der Waals surface area contributed by atoms with Crippen LogP contribution in [0.3, 0.4) is 0 Å². The highest BCUT2D eigenvalue weighted by atomic mass is 32.1. The molecule has 0 saturated carbocycles. The molecule has 0 aliphatic carbocycles. The highest BCUT2D eigenvalue weighted by Gasteiger charge is 2.42. The Kier molecular flexibility index (Phi) is 4.29. The minimum Gasteiger partial charge on any atom is -0.337 e. The van der Waals surface area contributed by atoms with Crippen LogP contribution in [0, 0.1) is 32.6 Å². The van der Waals surface area contributed by atoms with Crippen LogP contribution < -0.4 is 0 Å². The standard InChI is InChI=1S/C18H23N5OS/c1-11-12(2)19-10-20-17(11)18(24)23-6-14-4-22(5-15(14)7-23)8-16-9-25-13(3)21-16/h9-10,14-15H,4-8H2,1-3H3. The Hall–Kier alpha value is -1.86. The molecule has 0 aromatic carbocycles. The maximum Gasteiger partial charge on any atom is 0.272 e. The van der Waals surface area contributed by atoms with Crippen molar-refractivity contribution in [3.05, 3.63) is 39.4 Å². The van der Waals surface area contributed by atoms with Crippen LogP contribution in [0.25, 0.3) is 0 Å². The molecule has 4 rings (SSSR count). The summed E-state index contributed by atoms with van der Waals surface area (Å²) in [5, 5.41) is 3.28. The minimum absolute atomic E-state index is 0.0547. The predicted octanol–water partition coefficient (Wildman–Crippen LogP) is 2.06. The van der Waals surface area contributed by atoms with E-state index in [0.717, 1.165) is 49.0 Å². The number of carbonyl (C=O) groups excluding carboxylic acids is 1. The van der Waals surface area contributed by atoms with Gasteiger partial charge in [0.05, 0.1) is 10.7 Å². The molecule has 0 bridgehead atoms. The number of rotatable bonds is 3. The third-order valence-corrected chi connectivity index (χ3v) is 6.26. The lowest BCUT2D eigenvalue weighted by atomic mass is 10.0. The molecule has 2 atom stereocenters. The second-order valence-corrected chi connectivity index (χ2v) is 8.28. The first kappa shape index (κ1) is 16.6. The molecule has 25 heavy (non-hydrogen) atoms. The Morgan fingerprint density at radius 3 is 2.52 bits per heavy atom. The highest BCUT2D eigenvalue weighted by molar-refractivity contribution is 7.09. The third-order valence-electron chi connectivity index (χ3n) is 5.44. The first-order valence-electron chi connectivity index (χ1n) is 8.72. The summed E-state index contributed by atoms with van der Waals surface area (Å²) in [7, 11) is 0. The van der Waals surface area contributed by atoms with Gasteiger partial charge in [-0.3, -0.25) is 9.69 Å². The van der Waals surface area contributed by atoms with Crippen molar-refractivity contribution in [3.8, 4) is 0 Å². The van der Waals surface area contributed by atoms with Crippen molar-refractivity contribution in [1.29, 1.82) is 0 Å². The van der Waals surface area contributed by atoms with Gasteiger partial charge in [0.25, 0.3) is 5.91 Å². The number of aryl methyl sites for hydroxylation is 2. The zero-order chi connectivity index (χ0) is 17.6. The quantitative estimate of drug-likeness (QED) is 0.841. The molecule has 2 aliphatic rings. The second-order valence-electron chi connectivity index (χ2n) is 7.21. The van der Waals surface area contributed by atoms with Crippen LogP contribution in [0.5, 0.6) is 0 Å². The van der Waals surface area contributed by atoms with Crippen molar-refractivity contribution < 1.29 is 4.79 Å². The molecule has 2 saturated heterocycles. The van der Waals surface area contributed by atoms with Crippen molar-refractivity contribution in [2.75, 3.05) is 26.2 Å². The van der Waals surface area contributed by atoms with E-state index in [1.54, 1.807) is 11.3 Å². The molecule has 2 fully saturated rings. The third kappa shape index (κ3) is 3.18. The first-order valence-corrected chi connectivity index (χ1v) is 9.60. The first-order chi connectivity index (χ1) is 12.0. The van der Waals surface area contributed by atoms with E-state index in [9.17, 15) is 4.79 Å². The van der Waals surface area contributed by atoms with E-state index in [-0.39, 0.29) is 5.91 Å². The summed E-state index contributed by atoms with van der Waals surface area (Å²) in [6, 6.07) is 0. The molecule has 0 N–H and O–H groups in total. The van der Waals surface area contributed by atoms with E-state index in [1.165, 1.54) is 12.0 Å². The fourth-order valence-electron chi connectivity index (χ4n) is 4.00. The highest BCUT2D eigenvalue weighted by Crippen LogP contribution is 2.32. The summed E-state index contributed by atoms with van der Waals surface area (Å²) in [5.74, 6) is 1.18. The Balaban J connectivity index is 1.39. The smallest absolute Gasteiger partial charge is 0.272 e. The molecule has 132 valence electrons. The average molecular weight is 357 g/mol. The zero-order valence-electron chi connectivity index (χ0n) is 14.9. The van der Waals surface area contributed by atoms with Crippen molar-refractivity contribution in [3.63, 3.8) is 0 Å². The van der Waals surface area contributed by atoms with E-state index in [4.69, 9.17) is 0 Å². The Morgan fingerprint density at radius 1 is 1.16 bits per heavy atom. The number of likely N-dealkylation sites (tertiary alicyclic amines) is 2. The molecule has 2 unspecified atom stereocenters. The van der Waals surface area contributed by atoms with Gasteiger partial charge in [-0.05, 0) is 32.6 Å². The van der Waals surface area contributed by atoms with Gasteiger partial charge in [0.2, 0.25) is 0 Å². The number of aromatic nitrogens is 3. The molecular weight excluding hydrogens is 334 g/mol. The molecule has 0 radical (unpaired) electrons. The molecule has 2 aromatic rings. The summed E-state index contributed by atoms with van der Waals surface area (Å²) in [6.45, 7) is 10.6. The molecule has 6 nitrogen and oxygen atoms in total. The monoisotopic (exact) mass is 357 g/mol. The Morgan fingerprint density at radius 2 is 1.88 bits per heavy atom. The molecular formula is C18H23N5OS. The van der Waals surface area contributed by atoms with Gasteiger partial charge < -0.3 is 4.90 Å². The van der Waals surface area contributed by atoms with E-state index < -0.39 is 0 Å². The summed E-state index contributed by atoms with van der Waals surface area (Å²) in [5.41, 5.74) is 3.50. The average Bonchev–Trinajstić information content (AvgIpc) is 3.24. The van der Waals surface area contributed by atoms with Crippen LogP contribution in [0.4, 0.5) is 0 Å². The van der Waals surface area contributed by atoms with Gasteiger partial charge in [-0.25, -0.2) is 15.0 Å². The van der Waals surface area contributed by atoms with Crippen LogP contribution in [-0.4, -0.2) is 56.8 Å². The Bertz CT molecular complexity index is 791. The van der Waals surface area contributed by atoms with Gasteiger partial charge in [0.1, 0.15) is 12.0 Å². The molecule has 1 amide bonds. The van der Waals surface area contributed by atoms with E-state index in [2.05, 4.69) is 25.2 Å².